The molecule has 0 spiro atoms. The molecule has 0 aromatic carbocycles. The lowest BCUT2D eigenvalue weighted by molar-refractivity contribution is -0.385. The van der Waals surface area contributed by atoms with Crippen molar-refractivity contribution in [3.63, 3.8) is 0 Å². The molecule has 1 aromatic heterocycles. The molecule has 0 radical (unpaired) electrons. The molecule has 0 saturated carbocycles. The number of alkyl halides is 1. The Balaban J connectivity index is 2.37. The summed E-state index contributed by atoms with van der Waals surface area (Å²) in [5, 5.41) is 10.7. The molecular formula is C10H11FN4O3. The quantitative estimate of drug-likeness (QED) is 0.629. The van der Waals surface area contributed by atoms with Crippen LogP contribution in [0.5, 0.6) is 0 Å². The third kappa shape index (κ3) is 2.22. The molecule has 1 aromatic rings. The number of halogens is 1. The van der Waals surface area contributed by atoms with Crippen molar-refractivity contribution in [3.05, 3.63) is 27.9 Å². The molecule has 2 rings (SSSR count). The van der Waals surface area contributed by atoms with E-state index in [0.29, 0.717) is 18.8 Å². The first kappa shape index (κ1) is 12.2. The second-order valence-corrected chi connectivity index (χ2v) is 3.99. The number of pyridine rings is 1. The van der Waals surface area contributed by atoms with Gasteiger partial charge in [-0.15, -0.1) is 0 Å². The molecule has 2 heterocycles. The van der Waals surface area contributed by atoms with Crippen LogP contribution >= 0.6 is 0 Å². The van der Waals surface area contributed by atoms with Crippen molar-refractivity contribution in [2.75, 3.05) is 18.0 Å². The van der Waals surface area contributed by atoms with E-state index in [9.17, 15) is 19.3 Å². The number of nitro groups is 1. The highest BCUT2D eigenvalue weighted by molar-refractivity contribution is 5.95. The summed E-state index contributed by atoms with van der Waals surface area (Å²) in [6.45, 7) is 0.632. The summed E-state index contributed by atoms with van der Waals surface area (Å²) in [4.78, 5) is 26.6. The lowest BCUT2D eigenvalue weighted by atomic mass is 10.2. The summed E-state index contributed by atoms with van der Waals surface area (Å²) >= 11 is 0. The van der Waals surface area contributed by atoms with E-state index >= 15 is 0 Å². The molecule has 7 nitrogen and oxygen atoms in total. The fourth-order valence-electron chi connectivity index (χ4n) is 1.87. The Bertz CT molecular complexity index is 508. The number of carbonyl (C=O) groups excluding carboxylic acids is 1. The van der Waals surface area contributed by atoms with Crippen LogP contribution in [0.3, 0.4) is 0 Å². The molecular weight excluding hydrogens is 243 g/mol. The van der Waals surface area contributed by atoms with Crippen molar-refractivity contribution in [2.24, 2.45) is 5.73 Å². The van der Waals surface area contributed by atoms with Crippen LogP contribution in [0.1, 0.15) is 16.9 Å². The number of amides is 1. The number of hydrogen-bond donors (Lipinski definition) is 1. The molecule has 1 amide bonds. The van der Waals surface area contributed by atoms with Crippen molar-refractivity contribution < 1.29 is 14.1 Å². The third-order valence-corrected chi connectivity index (χ3v) is 2.74. The molecule has 2 N–H and O–H groups in total. The maximum atomic E-state index is 13.1. The molecule has 1 fully saturated rings. The summed E-state index contributed by atoms with van der Waals surface area (Å²) in [6, 6.07) is 2.55. The van der Waals surface area contributed by atoms with Crippen LogP contribution in [0.2, 0.25) is 0 Å². The Morgan fingerprint density at radius 2 is 2.33 bits per heavy atom. The highest BCUT2D eigenvalue weighted by atomic mass is 19.1. The normalized spacial score (nSPS) is 18.9. The highest BCUT2D eigenvalue weighted by Gasteiger charge is 2.26. The van der Waals surface area contributed by atoms with Gasteiger partial charge in [-0.25, -0.2) is 9.37 Å². The van der Waals surface area contributed by atoms with Crippen molar-refractivity contribution >= 4 is 17.4 Å². The highest BCUT2D eigenvalue weighted by Crippen LogP contribution is 2.24. The van der Waals surface area contributed by atoms with Gasteiger partial charge in [0.1, 0.15) is 12.0 Å². The fourth-order valence-corrected chi connectivity index (χ4v) is 1.87. The lowest BCUT2D eigenvalue weighted by Crippen LogP contribution is -2.23. The van der Waals surface area contributed by atoms with Gasteiger partial charge in [0.25, 0.3) is 5.91 Å². The standard InChI is InChI=1S/C10H11FN4O3/c11-6-3-4-14(5-6)8-2-1-7(15(17)18)9(13-8)10(12)16/h1-2,6H,3-5H2,(H2,12,16). The first-order valence-corrected chi connectivity index (χ1v) is 5.33. The van der Waals surface area contributed by atoms with Gasteiger partial charge in [0.2, 0.25) is 5.69 Å². The van der Waals surface area contributed by atoms with Gasteiger partial charge in [-0.05, 0) is 12.5 Å². The minimum atomic E-state index is -0.973. The molecule has 1 aliphatic heterocycles. The molecule has 18 heavy (non-hydrogen) atoms. The van der Waals surface area contributed by atoms with Crippen LogP contribution in [0, 0.1) is 10.1 Å². The van der Waals surface area contributed by atoms with E-state index in [1.807, 2.05) is 0 Å². The number of nitrogens with zero attached hydrogens (tertiary/aromatic N) is 3. The summed E-state index contributed by atoms with van der Waals surface area (Å²) < 4.78 is 13.1. The monoisotopic (exact) mass is 254 g/mol. The van der Waals surface area contributed by atoms with Gasteiger partial charge in [0, 0.05) is 12.6 Å². The Morgan fingerprint density at radius 3 is 2.83 bits per heavy atom. The van der Waals surface area contributed by atoms with E-state index < -0.39 is 28.4 Å². The molecule has 1 aliphatic rings. The number of carbonyl (C=O) groups is 1. The fraction of sp³-hybridized carbons (Fsp3) is 0.400. The Labute approximate surface area is 102 Å². The molecule has 96 valence electrons. The summed E-state index contributed by atoms with van der Waals surface area (Å²) in [5.41, 5.74) is 4.20. The van der Waals surface area contributed by atoms with Gasteiger partial charge in [-0.3, -0.25) is 14.9 Å². The van der Waals surface area contributed by atoms with Crippen molar-refractivity contribution in [2.45, 2.75) is 12.6 Å². The van der Waals surface area contributed by atoms with Crippen molar-refractivity contribution in [1.29, 1.82) is 0 Å². The SMILES string of the molecule is NC(=O)c1nc(N2CCC(F)C2)ccc1[N+](=O)[O-]. The van der Waals surface area contributed by atoms with Crippen LogP contribution in [-0.4, -0.2) is 35.1 Å². The Kier molecular flexibility index (Phi) is 3.09. The van der Waals surface area contributed by atoms with Crippen LogP contribution in [-0.2, 0) is 0 Å². The van der Waals surface area contributed by atoms with Crippen LogP contribution in [0.25, 0.3) is 0 Å². The number of aromatic nitrogens is 1. The van der Waals surface area contributed by atoms with Gasteiger partial charge in [-0.2, -0.15) is 0 Å². The van der Waals surface area contributed by atoms with E-state index in [1.165, 1.54) is 6.07 Å². The largest absolute Gasteiger partial charge is 0.364 e. The first-order chi connectivity index (χ1) is 8.49. The predicted molar refractivity (Wildman–Crippen MR) is 61.1 cm³/mol. The minimum absolute atomic E-state index is 0.170. The number of nitrogens with two attached hydrogens (primary N) is 1. The molecule has 0 bridgehead atoms. The maximum Gasteiger partial charge on any atom is 0.300 e. The Hall–Kier alpha value is -2.25. The van der Waals surface area contributed by atoms with Crippen molar-refractivity contribution in [1.82, 2.24) is 4.98 Å². The number of anilines is 1. The zero-order valence-electron chi connectivity index (χ0n) is 9.38. The van der Waals surface area contributed by atoms with E-state index in [1.54, 1.807) is 4.90 Å². The van der Waals surface area contributed by atoms with Crippen LogP contribution < -0.4 is 10.6 Å². The molecule has 1 unspecified atom stereocenters. The van der Waals surface area contributed by atoms with E-state index in [0.717, 1.165) is 6.07 Å². The average Bonchev–Trinajstić information content (AvgIpc) is 2.75. The van der Waals surface area contributed by atoms with Gasteiger partial charge in [0.05, 0.1) is 11.5 Å². The molecule has 0 aliphatic carbocycles. The number of primary amides is 1. The van der Waals surface area contributed by atoms with E-state index in [-0.39, 0.29) is 6.54 Å². The second-order valence-electron chi connectivity index (χ2n) is 3.99. The molecule has 8 heteroatoms. The summed E-state index contributed by atoms with van der Waals surface area (Å²) in [5.74, 6) is -0.644. The smallest absolute Gasteiger partial charge is 0.300 e. The molecule has 1 saturated heterocycles. The van der Waals surface area contributed by atoms with Crippen molar-refractivity contribution in [3.8, 4) is 0 Å². The Morgan fingerprint density at radius 1 is 1.61 bits per heavy atom. The van der Waals surface area contributed by atoms with E-state index in [2.05, 4.69) is 4.98 Å². The average molecular weight is 254 g/mol. The van der Waals surface area contributed by atoms with E-state index in [4.69, 9.17) is 5.73 Å². The number of rotatable bonds is 3. The zero-order valence-corrected chi connectivity index (χ0v) is 9.38. The van der Waals surface area contributed by atoms with Gasteiger partial charge >= 0.3 is 5.69 Å². The lowest BCUT2D eigenvalue weighted by Gasteiger charge is -2.16. The number of hydrogen-bond acceptors (Lipinski definition) is 5. The summed E-state index contributed by atoms with van der Waals surface area (Å²) in [6.07, 6.45) is -0.566. The third-order valence-electron chi connectivity index (χ3n) is 2.74. The molecule has 1 atom stereocenters. The summed E-state index contributed by atoms with van der Waals surface area (Å²) in [7, 11) is 0. The minimum Gasteiger partial charge on any atom is -0.364 e. The topological polar surface area (TPSA) is 102 Å². The zero-order chi connectivity index (χ0) is 13.3. The first-order valence-electron chi connectivity index (χ1n) is 5.33. The second kappa shape index (κ2) is 4.55. The van der Waals surface area contributed by atoms with Crippen LogP contribution in [0.4, 0.5) is 15.9 Å². The predicted octanol–water partition coefficient (Wildman–Crippen LogP) is 0.637. The maximum absolute atomic E-state index is 13.1. The van der Waals surface area contributed by atoms with Gasteiger partial charge in [-0.1, -0.05) is 0 Å². The van der Waals surface area contributed by atoms with Crippen LogP contribution in [0.15, 0.2) is 12.1 Å². The van der Waals surface area contributed by atoms with Gasteiger partial charge < -0.3 is 10.6 Å². The van der Waals surface area contributed by atoms with Gasteiger partial charge in [0.15, 0.2) is 0 Å².